The number of nitrogens with one attached hydrogen (secondary N) is 2. The van der Waals surface area contributed by atoms with Crippen molar-refractivity contribution in [3.05, 3.63) is 70.4 Å². The maximum atomic E-state index is 11.1. The van der Waals surface area contributed by atoms with E-state index in [-0.39, 0.29) is 19.0 Å². The summed E-state index contributed by atoms with van der Waals surface area (Å²) in [4.78, 5) is 3.31. The van der Waals surface area contributed by atoms with Crippen molar-refractivity contribution in [2.45, 2.75) is 116 Å². The van der Waals surface area contributed by atoms with Gasteiger partial charge < -0.3 is 39.9 Å². The van der Waals surface area contributed by atoms with Crippen molar-refractivity contribution in [1.82, 2.24) is 10.3 Å². The van der Waals surface area contributed by atoms with Crippen molar-refractivity contribution >= 4 is 0 Å². The van der Waals surface area contributed by atoms with Gasteiger partial charge in [-0.15, -0.1) is 0 Å². The average Bonchev–Trinajstić information content (AvgIpc) is 3.85. The van der Waals surface area contributed by atoms with Gasteiger partial charge in [0, 0.05) is 49.3 Å². The van der Waals surface area contributed by atoms with Crippen LogP contribution in [-0.4, -0.2) is 51.2 Å². The van der Waals surface area contributed by atoms with Crippen molar-refractivity contribution in [2.24, 2.45) is 11.3 Å². The average molecular weight is 623 g/mol. The lowest BCUT2D eigenvalue weighted by molar-refractivity contribution is 0.103. The summed E-state index contributed by atoms with van der Waals surface area (Å²) in [7, 11) is 0. The number of aromatic amines is 1. The van der Waals surface area contributed by atoms with Crippen molar-refractivity contribution < 1.29 is 29.6 Å². The number of ether oxygens (including phenoxy) is 1. The van der Waals surface area contributed by atoms with E-state index in [1.165, 1.54) is 50.5 Å². The Morgan fingerprint density at radius 3 is 2.60 bits per heavy atom. The molecule has 2 aliphatic rings. The van der Waals surface area contributed by atoms with Crippen LogP contribution < -0.4 is 10.1 Å². The first kappa shape index (κ1) is 33.6. The summed E-state index contributed by atoms with van der Waals surface area (Å²) in [6, 6.07) is 9.34. The Morgan fingerprint density at radius 1 is 1.04 bits per heavy atom. The van der Waals surface area contributed by atoms with Crippen LogP contribution in [0.25, 0.3) is 0 Å². The number of phenols is 1. The fraction of sp³-hybridized carbons (Fsp3) is 0.622. The lowest BCUT2D eigenvalue weighted by atomic mass is 9.68. The third-order valence-corrected chi connectivity index (χ3v) is 10.3. The summed E-state index contributed by atoms with van der Waals surface area (Å²) >= 11 is 0. The number of H-pyrrole nitrogens is 1. The van der Waals surface area contributed by atoms with Crippen molar-refractivity contribution in [2.75, 3.05) is 19.7 Å². The van der Waals surface area contributed by atoms with Crippen molar-refractivity contribution in [1.29, 1.82) is 0 Å². The molecule has 2 aromatic heterocycles. The zero-order valence-corrected chi connectivity index (χ0v) is 27.2. The van der Waals surface area contributed by atoms with Gasteiger partial charge in [0.25, 0.3) is 0 Å². The van der Waals surface area contributed by atoms with Gasteiger partial charge in [-0.1, -0.05) is 38.7 Å². The molecule has 5 rings (SSSR count). The van der Waals surface area contributed by atoms with Gasteiger partial charge in [0.1, 0.15) is 24.2 Å². The molecule has 4 atom stereocenters. The van der Waals surface area contributed by atoms with E-state index in [0.717, 1.165) is 48.5 Å². The van der Waals surface area contributed by atoms with Crippen LogP contribution in [0.3, 0.4) is 0 Å². The van der Waals surface area contributed by atoms with Crippen LogP contribution in [0, 0.1) is 11.3 Å². The van der Waals surface area contributed by atoms with Crippen LogP contribution in [0.2, 0.25) is 0 Å². The summed E-state index contributed by atoms with van der Waals surface area (Å²) in [6.45, 7) is 5.31. The molecular formula is C37H54N2O6. The summed E-state index contributed by atoms with van der Waals surface area (Å²) in [5.41, 5.74) is 4.18. The molecule has 0 bridgehead atoms. The molecule has 8 heteroatoms. The van der Waals surface area contributed by atoms with E-state index in [4.69, 9.17) is 9.15 Å². The Hall–Kier alpha value is -2.78. The van der Waals surface area contributed by atoms with Gasteiger partial charge in [0.15, 0.2) is 11.5 Å². The fourth-order valence-electron chi connectivity index (χ4n) is 7.96. The number of aryl methyl sites for hydroxylation is 3. The molecule has 0 saturated heterocycles. The van der Waals surface area contributed by atoms with Gasteiger partial charge in [0.05, 0.1) is 12.7 Å². The van der Waals surface area contributed by atoms with E-state index in [2.05, 4.69) is 23.3 Å². The molecule has 2 fully saturated rings. The molecule has 1 aromatic carbocycles. The predicted octanol–water partition coefficient (Wildman–Crippen LogP) is 6.46. The smallest absolute Gasteiger partial charge is 0.161 e. The van der Waals surface area contributed by atoms with Gasteiger partial charge in [-0.25, -0.2) is 0 Å². The SMILES string of the molecule is CCCCc1oc(CCc2ccc(O)c(OC[C@H](O)c3cc([C@H](CNC[C@H](C)O)[C@@H]4CCCC45CCCC5)c[nH]3)c2)cc1CO. The zero-order valence-electron chi connectivity index (χ0n) is 27.2. The molecule has 1 spiro atoms. The van der Waals surface area contributed by atoms with Crippen LogP contribution in [0.4, 0.5) is 0 Å². The van der Waals surface area contributed by atoms with Crippen LogP contribution in [0.5, 0.6) is 11.5 Å². The Morgan fingerprint density at radius 2 is 1.84 bits per heavy atom. The Kier molecular flexibility index (Phi) is 11.7. The van der Waals surface area contributed by atoms with Crippen LogP contribution in [0.1, 0.15) is 118 Å². The summed E-state index contributed by atoms with van der Waals surface area (Å²) in [5, 5.41) is 44.7. The molecule has 0 radical (unpaired) electrons. The molecule has 0 unspecified atom stereocenters. The lowest BCUT2D eigenvalue weighted by Gasteiger charge is -2.37. The number of aromatic hydroxyl groups is 1. The topological polar surface area (TPSA) is 131 Å². The van der Waals surface area contributed by atoms with Crippen molar-refractivity contribution in [3.8, 4) is 11.5 Å². The standard InChI is InChI=1S/C37H54N2O6/c1-3-4-9-35-28(23-40)18-29(45-35)12-10-26-11-13-33(42)36(17-26)44-24-34(43)32-19-27(21-39-32)30(22-38-20-25(2)41)31-8-7-16-37(31)14-5-6-15-37/h11,13,17-19,21,25,30-31,34,38-43H,3-10,12,14-16,20,22-24H2,1-2H3/t25-,30-,31-,34-/m0/s1. The molecule has 0 aliphatic heterocycles. The van der Waals surface area contributed by atoms with Gasteiger partial charge >= 0.3 is 0 Å². The quantitative estimate of drug-likeness (QED) is 0.102. The van der Waals surface area contributed by atoms with E-state index >= 15 is 0 Å². The van der Waals surface area contributed by atoms with E-state index in [0.29, 0.717) is 48.1 Å². The first-order chi connectivity index (χ1) is 21.8. The Balaban J connectivity index is 1.21. The highest BCUT2D eigenvalue weighted by Crippen LogP contribution is 2.58. The number of hydrogen-bond acceptors (Lipinski definition) is 7. The number of aliphatic hydroxyl groups is 3. The molecule has 45 heavy (non-hydrogen) atoms. The number of aromatic nitrogens is 1. The molecular weight excluding hydrogens is 568 g/mol. The fourth-order valence-corrected chi connectivity index (χ4v) is 7.96. The van der Waals surface area contributed by atoms with Crippen LogP contribution >= 0.6 is 0 Å². The van der Waals surface area contributed by atoms with Gasteiger partial charge in [0.2, 0.25) is 0 Å². The van der Waals surface area contributed by atoms with Gasteiger partial charge in [-0.3, -0.25) is 0 Å². The van der Waals surface area contributed by atoms with Gasteiger partial charge in [-0.05, 0) is 92.2 Å². The molecule has 0 amide bonds. The van der Waals surface area contributed by atoms with E-state index in [9.17, 15) is 20.4 Å². The highest BCUT2D eigenvalue weighted by Gasteiger charge is 2.47. The molecule has 248 valence electrons. The van der Waals surface area contributed by atoms with E-state index in [1.807, 2.05) is 31.3 Å². The molecule has 6 N–H and O–H groups in total. The second-order valence-electron chi connectivity index (χ2n) is 13.6. The monoisotopic (exact) mass is 622 g/mol. The predicted molar refractivity (Wildman–Crippen MR) is 176 cm³/mol. The zero-order chi connectivity index (χ0) is 31.8. The number of benzene rings is 1. The molecule has 2 heterocycles. The second-order valence-corrected chi connectivity index (χ2v) is 13.6. The third-order valence-electron chi connectivity index (χ3n) is 10.3. The Bertz CT molecular complexity index is 1330. The number of aliphatic hydroxyl groups excluding tert-OH is 3. The first-order valence-electron chi connectivity index (χ1n) is 17.2. The van der Waals surface area contributed by atoms with Gasteiger partial charge in [-0.2, -0.15) is 0 Å². The third kappa shape index (κ3) is 8.33. The Labute approximate surface area is 268 Å². The minimum absolute atomic E-state index is 0.00804. The summed E-state index contributed by atoms with van der Waals surface area (Å²) < 4.78 is 12.0. The molecule has 8 nitrogen and oxygen atoms in total. The maximum Gasteiger partial charge on any atom is 0.161 e. The highest BCUT2D eigenvalue weighted by atomic mass is 16.5. The first-order valence-corrected chi connectivity index (χ1v) is 17.2. The van der Waals surface area contributed by atoms with Crippen LogP contribution in [0.15, 0.2) is 40.9 Å². The minimum Gasteiger partial charge on any atom is -0.504 e. The highest BCUT2D eigenvalue weighted by molar-refractivity contribution is 5.42. The number of unbranched alkanes of at least 4 members (excludes halogenated alkanes) is 1. The van der Waals surface area contributed by atoms with Crippen molar-refractivity contribution in [3.63, 3.8) is 0 Å². The molecule has 2 saturated carbocycles. The summed E-state index contributed by atoms with van der Waals surface area (Å²) in [5.74, 6) is 2.99. The van der Waals surface area contributed by atoms with E-state index < -0.39 is 12.2 Å². The lowest BCUT2D eigenvalue weighted by Crippen LogP contribution is -2.35. The second kappa shape index (κ2) is 15.7. The maximum absolute atomic E-state index is 11.1. The molecule has 3 aromatic rings. The van der Waals surface area contributed by atoms with Crippen LogP contribution in [-0.2, 0) is 25.9 Å². The van der Waals surface area contributed by atoms with E-state index in [1.54, 1.807) is 6.07 Å². The normalized spacial score (nSPS) is 19.7. The molecule has 2 aliphatic carbocycles. The number of phenolic OH excluding ortho intramolecular Hbond substituents is 1. The largest absolute Gasteiger partial charge is 0.504 e. The number of furan rings is 1. The minimum atomic E-state index is -0.876. The number of hydrogen-bond donors (Lipinski definition) is 6. The number of rotatable bonds is 17. The summed E-state index contributed by atoms with van der Waals surface area (Å²) in [6.07, 6.45) is 14.1.